The quantitative estimate of drug-likeness (QED) is 0.906. The van der Waals surface area contributed by atoms with E-state index in [1.807, 2.05) is 19.2 Å². The van der Waals surface area contributed by atoms with Crippen LogP contribution >= 0.6 is 0 Å². The zero-order chi connectivity index (χ0) is 14.6. The molecule has 1 N–H and O–H groups in total. The minimum absolute atomic E-state index is 0.326. The molecule has 0 heterocycles. The molecule has 0 spiro atoms. The number of rotatable bonds is 5. The van der Waals surface area contributed by atoms with Crippen molar-refractivity contribution in [2.45, 2.75) is 49.5 Å². The van der Waals surface area contributed by atoms with Crippen molar-refractivity contribution in [2.24, 2.45) is 5.92 Å². The van der Waals surface area contributed by atoms with Crippen LogP contribution in [0.1, 0.15) is 50.1 Å². The highest BCUT2D eigenvalue weighted by Crippen LogP contribution is 2.31. The maximum absolute atomic E-state index is 11.5. The Kier molecular flexibility index (Phi) is 5.22. The minimum Gasteiger partial charge on any atom is -0.313 e. The van der Waals surface area contributed by atoms with Gasteiger partial charge in [0.15, 0.2) is 9.84 Å². The number of benzene rings is 1. The highest BCUT2D eigenvalue weighted by molar-refractivity contribution is 7.90. The Labute approximate surface area is 122 Å². The van der Waals surface area contributed by atoms with Gasteiger partial charge in [-0.2, -0.15) is 0 Å². The van der Waals surface area contributed by atoms with Crippen molar-refractivity contribution in [3.05, 3.63) is 29.8 Å². The Bertz CT molecular complexity index is 516. The van der Waals surface area contributed by atoms with Crippen molar-refractivity contribution in [1.29, 1.82) is 0 Å². The second kappa shape index (κ2) is 6.72. The fourth-order valence-electron chi connectivity index (χ4n) is 3.12. The normalized spacial score (nSPS) is 18.9. The molecular formula is C16H25NO2S. The van der Waals surface area contributed by atoms with Gasteiger partial charge in [-0.1, -0.05) is 44.2 Å². The standard InChI is InChI=1S/C16H25NO2S/c1-17-16(12-13-6-4-3-5-7-13)14-8-10-15(11-9-14)20(2,18)19/h8-11,13,16-17H,3-7,12H2,1-2H3. The minimum atomic E-state index is -3.10. The molecule has 3 nitrogen and oxygen atoms in total. The summed E-state index contributed by atoms with van der Waals surface area (Å²) in [5.74, 6) is 0.802. The Morgan fingerprint density at radius 3 is 2.25 bits per heavy atom. The second-order valence-corrected chi connectivity index (χ2v) is 7.94. The van der Waals surface area contributed by atoms with Crippen LogP contribution in [0.5, 0.6) is 0 Å². The van der Waals surface area contributed by atoms with Crippen LogP contribution in [0.15, 0.2) is 29.2 Å². The molecule has 0 radical (unpaired) electrons. The third-order valence-electron chi connectivity index (χ3n) is 4.35. The number of sulfone groups is 1. The monoisotopic (exact) mass is 295 g/mol. The lowest BCUT2D eigenvalue weighted by Gasteiger charge is -2.26. The molecule has 0 saturated heterocycles. The van der Waals surface area contributed by atoms with Crippen LogP contribution < -0.4 is 5.32 Å². The highest BCUT2D eigenvalue weighted by atomic mass is 32.2. The van der Waals surface area contributed by atoms with Crippen molar-refractivity contribution in [2.75, 3.05) is 13.3 Å². The van der Waals surface area contributed by atoms with Crippen molar-refractivity contribution in [3.63, 3.8) is 0 Å². The first-order chi connectivity index (χ1) is 9.50. The van der Waals surface area contributed by atoms with E-state index in [-0.39, 0.29) is 0 Å². The summed E-state index contributed by atoms with van der Waals surface area (Å²) >= 11 is 0. The first-order valence-corrected chi connectivity index (χ1v) is 9.37. The summed E-state index contributed by atoms with van der Waals surface area (Å²) in [6.45, 7) is 0. The van der Waals surface area contributed by atoms with Gasteiger partial charge in [-0.15, -0.1) is 0 Å². The van der Waals surface area contributed by atoms with Gasteiger partial charge in [-0.3, -0.25) is 0 Å². The first kappa shape index (κ1) is 15.5. The molecule has 1 unspecified atom stereocenters. The molecule has 1 fully saturated rings. The molecule has 0 amide bonds. The molecule has 1 aliphatic rings. The summed E-state index contributed by atoms with van der Waals surface area (Å²) in [7, 11) is -1.12. The third kappa shape index (κ3) is 4.06. The van der Waals surface area contributed by atoms with E-state index in [1.165, 1.54) is 43.9 Å². The van der Waals surface area contributed by atoms with Crippen molar-refractivity contribution in [1.82, 2.24) is 5.32 Å². The molecule has 4 heteroatoms. The van der Waals surface area contributed by atoms with E-state index in [4.69, 9.17) is 0 Å². The van der Waals surface area contributed by atoms with Crippen LogP contribution in [0.2, 0.25) is 0 Å². The summed E-state index contributed by atoms with van der Waals surface area (Å²) < 4.78 is 23.0. The van der Waals surface area contributed by atoms with Gasteiger partial charge in [0.25, 0.3) is 0 Å². The average Bonchev–Trinajstić information content (AvgIpc) is 2.45. The van der Waals surface area contributed by atoms with E-state index in [0.717, 1.165) is 12.3 Å². The molecule has 1 saturated carbocycles. The molecule has 1 aromatic rings. The Hall–Kier alpha value is -0.870. The lowest BCUT2D eigenvalue weighted by molar-refractivity contribution is 0.306. The molecule has 112 valence electrons. The predicted molar refractivity (Wildman–Crippen MR) is 82.5 cm³/mol. The fraction of sp³-hybridized carbons (Fsp3) is 0.625. The van der Waals surface area contributed by atoms with Crippen LogP contribution in [-0.2, 0) is 9.84 Å². The highest BCUT2D eigenvalue weighted by Gasteiger charge is 2.19. The molecule has 1 aliphatic carbocycles. The smallest absolute Gasteiger partial charge is 0.175 e. The van der Waals surface area contributed by atoms with Gasteiger partial charge in [-0.05, 0) is 37.1 Å². The van der Waals surface area contributed by atoms with Crippen molar-refractivity contribution in [3.8, 4) is 0 Å². The SMILES string of the molecule is CNC(CC1CCCCC1)c1ccc(S(C)(=O)=O)cc1. The van der Waals surface area contributed by atoms with Gasteiger partial charge in [-0.25, -0.2) is 8.42 Å². The summed E-state index contributed by atoms with van der Waals surface area (Å²) in [6, 6.07) is 7.65. The Morgan fingerprint density at radius 1 is 1.15 bits per heavy atom. The zero-order valence-corrected chi connectivity index (χ0v) is 13.2. The lowest BCUT2D eigenvalue weighted by Crippen LogP contribution is -2.21. The largest absolute Gasteiger partial charge is 0.313 e. The third-order valence-corrected chi connectivity index (χ3v) is 5.48. The molecule has 1 atom stereocenters. The van der Waals surface area contributed by atoms with Gasteiger partial charge in [0, 0.05) is 12.3 Å². The summed E-state index contributed by atoms with van der Waals surface area (Å²) in [4.78, 5) is 0.397. The van der Waals surface area contributed by atoms with E-state index >= 15 is 0 Å². The maximum atomic E-state index is 11.5. The van der Waals surface area contributed by atoms with Crippen LogP contribution in [0.25, 0.3) is 0 Å². The molecule has 20 heavy (non-hydrogen) atoms. The van der Waals surface area contributed by atoms with Crippen LogP contribution in [0.3, 0.4) is 0 Å². The molecule has 0 aliphatic heterocycles. The molecule has 2 rings (SSSR count). The van der Waals surface area contributed by atoms with Crippen molar-refractivity contribution < 1.29 is 8.42 Å². The van der Waals surface area contributed by atoms with E-state index in [9.17, 15) is 8.42 Å². The van der Waals surface area contributed by atoms with E-state index in [2.05, 4.69) is 5.32 Å². The lowest BCUT2D eigenvalue weighted by atomic mass is 9.83. The van der Waals surface area contributed by atoms with Crippen LogP contribution in [0, 0.1) is 5.92 Å². The summed E-state index contributed by atoms with van der Waals surface area (Å²) in [5.41, 5.74) is 1.19. The van der Waals surface area contributed by atoms with Gasteiger partial charge < -0.3 is 5.32 Å². The van der Waals surface area contributed by atoms with E-state index in [0.29, 0.717) is 10.9 Å². The maximum Gasteiger partial charge on any atom is 0.175 e. The van der Waals surface area contributed by atoms with Gasteiger partial charge in [0.05, 0.1) is 4.90 Å². The number of hydrogen-bond donors (Lipinski definition) is 1. The average molecular weight is 295 g/mol. The van der Waals surface area contributed by atoms with Crippen molar-refractivity contribution >= 4 is 9.84 Å². The van der Waals surface area contributed by atoms with Gasteiger partial charge in [0.1, 0.15) is 0 Å². The Morgan fingerprint density at radius 2 is 1.75 bits per heavy atom. The summed E-state index contributed by atoms with van der Waals surface area (Å²) in [6.07, 6.45) is 9.15. The Balaban J connectivity index is 2.07. The summed E-state index contributed by atoms with van der Waals surface area (Å²) in [5, 5.41) is 3.37. The van der Waals surface area contributed by atoms with E-state index in [1.54, 1.807) is 12.1 Å². The molecule has 0 aromatic heterocycles. The van der Waals surface area contributed by atoms with Crippen LogP contribution in [-0.4, -0.2) is 21.7 Å². The van der Waals surface area contributed by atoms with Gasteiger partial charge >= 0.3 is 0 Å². The topological polar surface area (TPSA) is 46.2 Å². The number of nitrogens with one attached hydrogen (secondary N) is 1. The fourth-order valence-corrected chi connectivity index (χ4v) is 3.75. The first-order valence-electron chi connectivity index (χ1n) is 7.48. The van der Waals surface area contributed by atoms with E-state index < -0.39 is 9.84 Å². The van der Waals surface area contributed by atoms with Crippen LogP contribution in [0.4, 0.5) is 0 Å². The van der Waals surface area contributed by atoms with Gasteiger partial charge in [0.2, 0.25) is 0 Å². The zero-order valence-electron chi connectivity index (χ0n) is 12.4. The number of hydrogen-bond acceptors (Lipinski definition) is 3. The molecule has 1 aromatic carbocycles. The predicted octanol–water partition coefficient (Wildman–Crippen LogP) is 3.32. The molecular weight excluding hydrogens is 270 g/mol. The molecule has 0 bridgehead atoms. The second-order valence-electron chi connectivity index (χ2n) is 5.92.